The molecule has 0 spiro atoms. The fourth-order valence-corrected chi connectivity index (χ4v) is 1.74. The van der Waals surface area contributed by atoms with Crippen molar-refractivity contribution in [2.45, 2.75) is 32.7 Å². The first-order chi connectivity index (χ1) is 8.98. The van der Waals surface area contributed by atoms with Gasteiger partial charge in [0.1, 0.15) is 0 Å². The monoisotopic (exact) mass is 264 g/mol. The van der Waals surface area contributed by atoms with Gasteiger partial charge in [-0.3, -0.25) is 4.79 Å². The minimum absolute atomic E-state index is 0.0239. The Labute approximate surface area is 115 Å². The minimum atomic E-state index is -0.196. The molecule has 1 amide bonds. The standard InChI is InChI=1S/C15H24N2O2/c1-4-15(2,3)16-14(19)12-17(10-11-18)13-8-6-5-7-9-13/h5-9,18H,4,10-12H2,1-3H3,(H,16,19). The molecule has 106 valence electrons. The van der Waals surface area contributed by atoms with Crippen LogP contribution in [0, 0.1) is 0 Å². The maximum atomic E-state index is 12.0. The number of para-hydroxylation sites is 1. The number of carbonyl (C=O) groups excluding carboxylic acids is 1. The van der Waals surface area contributed by atoms with Crippen LogP contribution in [0.1, 0.15) is 27.2 Å². The maximum absolute atomic E-state index is 12.0. The third kappa shape index (κ3) is 5.30. The van der Waals surface area contributed by atoms with Gasteiger partial charge in [0.05, 0.1) is 13.2 Å². The zero-order valence-electron chi connectivity index (χ0n) is 12.0. The molecule has 1 aromatic carbocycles. The second kappa shape index (κ2) is 7.14. The quantitative estimate of drug-likeness (QED) is 0.789. The number of anilines is 1. The van der Waals surface area contributed by atoms with Crippen molar-refractivity contribution in [1.29, 1.82) is 0 Å². The van der Waals surface area contributed by atoms with Gasteiger partial charge in [0.25, 0.3) is 0 Å². The van der Waals surface area contributed by atoms with Gasteiger partial charge in [-0.15, -0.1) is 0 Å². The molecule has 1 aromatic rings. The molecule has 0 heterocycles. The predicted octanol–water partition coefficient (Wildman–Crippen LogP) is 1.79. The number of hydrogen-bond donors (Lipinski definition) is 2. The molecule has 0 fully saturated rings. The van der Waals surface area contributed by atoms with E-state index >= 15 is 0 Å². The van der Waals surface area contributed by atoms with E-state index in [9.17, 15) is 4.79 Å². The number of nitrogens with zero attached hydrogens (tertiary/aromatic N) is 1. The Bertz CT molecular complexity index is 390. The van der Waals surface area contributed by atoms with Crippen LogP contribution in [-0.4, -0.2) is 36.2 Å². The van der Waals surface area contributed by atoms with Crippen molar-refractivity contribution < 1.29 is 9.90 Å². The van der Waals surface area contributed by atoms with Crippen LogP contribution in [0.5, 0.6) is 0 Å². The number of aliphatic hydroxyl groups is 1. The minimum Gasteiger partial charge on any atom is -0.395 e. The Morgan fingerprint density at radius 1 is 1.32 bits per heavy atom. The van der Waals surface area contributed by atoms with Crippen molar-refractivity contribution in [2.24, 2.45) is 0 Å². The van der Waals surface area contributed by atoms with Crippen molar-refractivity contribution in [3.63, 3.8) is 0 Å². The molecule has 0 aliphatic heterocycles. The largest absolute Gasteiger partial charge is 0.395 e. The summed E-state index contributed by atoms with van der Waals surface area (Å²) in [5.74, 6) is -0.0239. The third-order valence-electron chi connectivity index (χ3n) is 3.19. The van der Waals surface area contributed by atoms with Gasteiger partial charge in [0.15, 0.2) is 0 Å². The topological polar surface area (TPSA) is 52.6 Å². The highest BCUT2D eigenvalue weighted by Gasteiger charge is 2.19. The summed E-state index contributed by atoms with van der Waals surface area (Å²) in [5.41, 5.74) is 0.750. The summed E-state index contributed by atoms with van der Waals surface area (Å²) in [5, 5.41) is 12.1. The molecule has 19 heavy (non-hydrogen) atoms. The van der Waals surface area contributed by atoms with E-state index in [0.717, 1.165) is 12.1 Å². The van der Waals surface area contributed by atoms with Gasteiger partial charge >= 0.3 is 0 Å². The Morgan fingerprint density at radius 3 is 2.47 bits per heavy atom. The zero-order chi connectivity index (χ0) is 14.3. The molecular weight excluding hydrogens is 240 g/mol. The van der Waals surface area contributed by atoms with E-state index in [-0.39, 0.29) is 24.6 Å². The molecule has 0 saturated carbocycles. The molecule has 0 unspecified atom stereocenters. The van der Waals surface area contributed by atoms with E-state index < -0.39 is 0 Å². The Hall–Kier alpha value is -1.55. The number of hydrogen-bond acceptors (Lipinski definition) is 3. The van der Waals surface area contributed by atoms with Crippen LogP contribution in [0.25, 0.3) is 0 Å². The normalized spacial score (nSPS) is 11.2. The maximum Gasteiger partial charge on any atom is 0.239 e. The SMILES string of the molecule is CCC(C)(C)NC(=O)CN(CCO)c1ccccc1. The van der Waals surface area contributed by atoms with Crippen LogP contribution in [0.4, 0.5) is 5.69 Å². The van der Waals surface area contributed by atoms with Crippen LogP contribution in [0.3, 0.4) is 0 Å². The van der Waals surface area contributed by atoms with Crippen molar-refractivity contribution in [3.8, 4) is 0 Å². The lowest BCUT2D eigenvalue weighted by Crippen LogP contribution is -2.47. The fourth-order valence-electron chi connectivity index (χ4n) is 1.74. The summed E-state index contributed by atoms with van der Waals surface area (Å²) >= 11 is 0. The van der Waals surface area contributed by atoms with Crippen LogP contribution in [0.15, 0.2) is 30.3 Å². The molecule has 1 rings (SSSR count). The van der Waals surface area contributed by atoms with E-state index in [0.29, 0.717) is 6.54 Å². The Kier molecular flexibility index (Phi) is 5.83. The lowest BCUT2D eigenvalue weighted by Gasteiger charge is -2.28. The van der Waals surface area contributed by atoms with Gasteiger partial charge in [-0.05, 0) is 32.4 Å². The highest BCUT2D eigenvalue weighted by molar-refractivity contribution is 5.82. The summed E-state index contributed by atoms with van der Waals surface area (Å²) in [4.78, 5) is 13.9. The van der Waals surface area contributed by atoms with E-state index in [1.54, 1.807) is 0 Å². The smallest absolute Gasteiger partial charge is 0.239 e. The second-order valence-electron chi connectivity index (χ2n) is 5.27. The van der Waals surface area contributed by atoms with Gasteiger partial charge < -0.3 is 15.3 Å². The first kappa shape index (κ1) is 15.5. The fraction of sp³-hybridized carbons (Fsp3) is 0.533. The van der Waals surface area contributed by atoms with Gasteiger partial charge in [-0.25, -0.2) is 0 Å². The van der Waals surface area contributed by atoms with Crippen LogP contribution >= 0.6 is 0 Å². The first-order valence-electron chi connectivity index (χ1n) is 6.70. The molecule has 4 heteroatoms. The lowest BCUT2D eigenvalue weighted by molar-refractivity contribution is -0.121. The average Bonchev–Trinajstić information content (AvgIpc) is 2.38. The van der Waals surface area contributed by atoms with E-state index in [1.165, 1.54) is 0 Å². The van der Waals surface area contributed by atoms with E-state index in [4.69, 9.17) is 5.11 Å². The van der Waals surface area contributed by atoms with Crippen molar-refractivity contribution in [3.05, 3.63) is 30.3 Å². The molecule has 0 atom stereocenters. The van der Waals surface area contributed by atoms with Crippen molar-refractivity contribution >= 4 is 11.6 Å². The van der Waals surface area contributed by atoms with Gasteiger partial charge in [-0.2, -0.15) is 0 Å². The number of nitrogens with one attached hydrogen (secondary N) is 1. The van der Waals surface area contributed by atoms with Crippen molar-refractivity contribution in [2.75, 3.05) is 24.6 Å². The second-order valence-corrected chi connectivity index (χ2v) is 5.27. The summed E-state index contributed by atoms with van der Waals surface area (Å²) in [6.07, 6.45) is 0.879. The lowest BCUT2D eigenvalue weighted by atomic mass is 10.0. The van der Waals surface area contributed by atoms with Crippen LogP contribution in [0.2, 0.25) is 0 Å². The summed E-state index contributed by atoms with van der Waals surface area (Å²) in [6, 6.07) is 9.66. The summed E-state index contributed by atoms with van der Waals surface area (Å²) in [6.45, 7) is 6.79. The number of benzene rings is 1. The highest BCUT2D eigenvalue weighted by atomic mass is 16.3. The third-order valence-corrected chi connectivity index (χ3v) is 3.19. The van der Waals surface area contributed by atoms with E-state index in [1.807, 2.05) is 56.0 Å². The molecule has 0 aliphatic rings. The molecule has 0 aromatic heterocycles. The van der Waals surface area contributed by atoms with Gasteiger partial charge in [0.2, 0.25) is 5.91 Å². The molecule has 0 saturated heterocycles. The summed E-state index contributed by atoms with van der Waals surface area (Å²) in [7, 11) is 0. The number of aliphatic hydroxyl groups excluding tert-OH is 1. The Morgan fingerprint density at radius 2 is 1.95 bits per heavy atom. The molecule has 0 radical (unpaired) electrons. The molecule has 4 nitrogen and oxygen atoms in total. The van der Waals surface area contributed by atoms with E-state index in [2.05, 4.69) is 5.32 Å². The number of rotatable bonds is 7. The van der Waals surface area contributed by atoms with Crippen molar-refractivity contribution in [1.82, 2.24) is 5.32 Å². The highest BCUT2D eigenvalue weighted by Crippen LogP contribution is 2.13. The molecule has 2 N–H and O–H groups in total. The molecule has 0 bridgehead atoms. The number of amides is 1. The Balaban J connectivity index is 2.67. The zero-order valence-corrected chi connectivity index (χ0v) is 12.0. The first-order valence-corrected chi connectivity index (χ1v) is 6.70. The molecule has 0 aliphatic carbocycles. The average molecular weight is 264 g/mol. The number of carbonyl (C=O) groups is 1. The molecular formula is C15H24N2O2. The van der Waals surface area contributed by atoms with Crippen LogP contribution < -0.4 is 10.2 Å². The summed E-state index contributed by atoms with van der Waals surface area (Å²) < 4.78 is 0. The van der Waals surface area contributed by atoms with Gasteiger partial charge in [0, 0.05) is 17.8 Å². The van der Waals surface area contributed by atoms with Gasteiger partial charge in [-0.1, -0.05) is 25.1 Å². The van der Waals surface area contributed by atoms with Crippen LogP contribution in [-0.2, 0) is 4.79 Å². The predicted molar refractivity (Wildman–Crippen MR) is 78.3 cm³/mol.